The van der Waals surface area contributed by atoms with Crippen molar-refractivity contribution in [3.63, 3.8) is 0 Å². The van der Waals surface area contributed by atoms with Crippen LogP contribution in [0.2, 0.25) is 0 Å². The Bertz CT molecular complexity index is 2840. The topological polar surface area (TPSA) is 350 Å². The number of benzene rings is 2. The molecule has 0 unspecified atom stereocenters. The first-order valence-electron chi connectivity index (χ1n) is 33.9. The quantitative estimate of drug-likeness (QED) is 0.0431. The Balaban J connectivity index is 1.42. The Hall–Kier alpha value is -7.71. The fraction of sp³-hybridized carbons (Fsp3) is 0.667. The molecular weight excluding hydrogens is 1220 g/mol. The minimum absolute atomic E-state index is 0.0202. The smallest absolute Gasteiger partial charge is 0.312 e. The summed E-state index contributed by atoms with van der Waals surface area (Å²) in [6.45, 7) is 20.6. The predicted octanol–water partition coefficient (Wildman–Crippen LogP) is 3.50. The number of primary amides is 1. The molecule has 2 fully saturated rings. The number of nitrogens with two attached hydrogens (primary N) is 1. The van der Waals surface area contributed by atoms with Crippen molar-refractivity contribution in [2.24, 2.45) is 41.2 Å². The zero-order valence-corrected chi connectivity index (χ0v) is 58.6. The molecule has 26 heteroatoms. The molecule has 11 atom stereocenters. The largest absolute Gasteiger partial charge is 0.379 e. The molecule has 95 heavy (non-hydrogen) atoms. The second-order valence-corrected chi connectivity index (χ2v) is 26.3. The highest BCUT2D eigenvalue weighted by Gasteiger charge is 2.44. The Kier molecular flexibility index (Phi) is 33.6. The van der Waals surface area contributed by atoms with E-state index in [2.05, 4.69) is 47.9 Å². The van der Waals surface area contributed by atoms with E-state index in [1.165, 1.54) is 14.2 Å². The Labute approximate surface area is 562 Å². The number of rotatable bonds is 38. The van der Waals surface area contributed by atoms with E-state index in [9.17, 15) is 52.7 Å². The highest BCUT2D eigenvalue weighted by atomic mass is 16.5. The predicted molar refractivity (Wildman–Crippen MR) is 362 cm³/mol. The van der Waals surface area contributed by atoms with Crippen LogP contribution in [0.4, 0.5) is 10.5 Å². The monoisotopic (exact) mass is 1330 g/mol. The third-order valence-electron chi connectivity index (χ3n) is 18.4. The van der Waals surface area contributed by atoms with Gasteiger partial charge in [0.15, 0.2) is 0 Å². The average Bonchev–Trinajstić information content (AvgIpc) is 1.81. The number of carbonyl (C=O) groups excluding carboxylic acids is 11. The van der Waals surface area contributed by atoms with Crippen molar-refractivity contribution in [2.75, 3.05) is 66.4 Å². The van der Waals surface area contributed by atoms with Crippen molar-refractivity contribution in [2.45, 2.75) is 201 Å². The van der Waals surface area contributed by atoms with Gasteiger partial charge in [0.25, 0.3) is 0 Å². The first-order chi connectivity index (χ1) is 45.1. The molecule has 11 N–H and O–H groups in total. The zero-order chi connectivity index (χ0) is 70.6. The molecule has 2 saturated heterocycles. The zero-order valence-electron chi connectivity index (χ0n) is 58.6. The standard InChI is InChI=1S/C69H111N13O13/c1-15-44(9)60(80(12)68(92)59(43(7)8)79-66(90)57(71-11)41(3)4)53(94-13)39-56(85)82-35-21-25-52(82)61(95-14)45(10)62(86)77-51(38-46-22-18-17-19-23-46)64(88)74-40-47-26-28-49(29-27-47)75-65(89)50(24-20-34-73-69(70)93)76-67(91)58(42(5)6)78-54(83)30-31-55(84)81-36-32-48(33-37-81)63(87)72-16-2/h17-19,22-23,26-29,41-45,48,50-53,57-61,71H,15-16,20-21,24-25,30-40H2,1-14H3,(H,72,87)(H,74,88)(H,75,89)(H,76,91)(H,77,86)(H,78,83)(H,79,90)(H3,70,73,93)/t44-,45+,50-,51-,52-,53+,57-,58-,59-,60-,61+/m0/s1. The summed E-state index contributed by atoms with van der Waals surface area (Å²) in [7, 11) is 6.42. The summed E-state index contributed by atoms with van der Waals surface area (Å²) >= 11 is 0. The van der Waals surface area contributed by atoms with E-state index in [-0.39, 0.29) is 105 Å². The first kappa shape index (κ1) is 79.7. The number of ether oxygens (including phenoxy) is 2. The first-order valence-corrected chi connectivity index (χ1v) is 33.9. The molecule has 2 aliphatic rings. The molecule has 2 aromatic carbocycles. The van der Waals surface area contributed by atoms with Gasteiger partial charge in [0, 0.05) is 91.4 Å². The number of urea groups is 1. The Morgan fingerprint density at radius 2 is 1.26 bits per heavy atom. The average molecular weight is 1330 g/mol. The van der Waals surface area contributed by atoms with Crippen molar-refractivity contribution in [1.29, 1.82) is 0 Å². The van der Waals surface area contributed by atoms with Crippen LogP contribution in [0.1, 0.15) is 145 Å². The highest BCUT2D eigenvalue weighted by molar-refractivity contribution is 5.99. The minimum atomic E-state index is -1.13. The van der Waals surface area contributed by atoms with Crippen LogP contribution in [0.15, 0.2) is 54.6 Å². The van der Waals surface area contributed by atoms with Crippen molar-refractivity contribution >= 4 is 70.8 Å². The molecule has 0 bridgehead atoms. The molecular formula is C69H111N13O13. The van der Waals surface area contributed by atoms with Crippen LogP contribution >= 0.6 is 0 Å². The van der Waals surface area contributed by atoms with Crippen LogP contribution in [0.5, 0.6) is 0 Å². The van der Waals surface area contributed by atoms with Crippen LogP contribution in [0, 0.1) is 35.5 Å². The van der Waals surface area contributed by atoms with Gasteiger partial charge in [-0.15, -0.1) is 0 Å². The lowest BCUT2D eigenvalue weighted by Gasteiger charge is -2.41. The van der Waals surface area contributed by atoms with Gasteiger partial charge in [-0.2, -0.15) is 0 Å². The summed E-state index contributed by atoms with van der Waals surface area (Å²) in [5.41, 5.74) is 7.08. The van der Waals surface area contributed by atoms with E-state index in [1.807, 2.05) is 78.8 Å². The van der Waals surface area contributed by atoms with Crippen molar-refractivity contribution in [3.05, 3.63) is 65.7 Å². The van der Waals surface area contributed by atoms with Gasteiger partial charge in [-0.1, -0.05) is 111 Å². The highest BCUT2D eigenvalue weighted by Crippen LogP contribution is 2.30. The van der Waals surface area contributed by atoms with Gasteiger partial charge in [-0.25, -0.2) is 4.79 Å². The summed E-state index contributed by atoms with van der Waals surface area (Å²) in [6.07, 6.45) is 1.58. The molecule has 0 saturated carbocycles. The van der Waals surface area contributed by atoms with E-state index in [0.717, 1.165) is 5.56 Å². The van der Waals surface area contributed by atoms with Crippen LogP contribution in [0.25, 0.3) is 0 Å². The number of carbonyl (C=O) groups is 11. The summed E-state index contributed by atoms with van der Waals surface area (Å²) in [5, 5.41) is 25.6. The summed E-state index contributed by atoms with van der Waals surface area (Å²) < 4.78 is 12.2. The number of anilines is 1. The fourth-order valence-corrected chi connectivity index (χ4v) is 12.6. The number of piperidine rings is 1. The lowest BCUT2D eigenvalue weighted by atomic mass is 9.89. The Morgan fingerprint density at radius 3 is 1.83 bits per heavy atom. The number of methoxy groups -OCH3 is 2. The maximum atomic E-state index is 14.6. The molecule has 12 amide bonds. The lowest BCUT2D eigenvalue weighted by molar-refractivity contribution is -0.148. The lowest BCUT2D eigenvalue weighted by Crippen LogP contribution is -2.59. The Morgan fingerprint density at radius 1 is 0.642 bits per heavy atom. The normalized spacial score (nSPS) is 17.4. The van der Waals surface area contributed by atoms with E-state index < -0.39 is 102 Å². The van der Waals surface area contributed by atoms with E-state index in [4.69, 9.17) is 15.2 Å². The van der Waals surface area contributed by atoms with Crippen LogP contribution in [0.3, 0.4) is 0 Å². The van der Waals surface area contributed by atoms with Gasteiger partial charge >= 0.3 is 6.03 Å². The van der Waals surface area contributed by atoms with E-state index >= 15 is 0 Å². The van der Waals surface area contributed by atoms with Crippen LogP contribution in [-0.4, -0.2) is 195 Å². The minimum Gasteiger partial charge on any atom is -0.379 e. The molecule has 530 valence electrons. The van der Waals surface area contributed by atoms with Crippen molar-refractivity contribution in [1.82, 2.24) is 57.2 Å². The summed E-state index contributed by atoms with van der Waals surface area (Å²) in [4.78, 5) is 154. The van der Waals surface area contributed by atoms with Gasteiger partial charge in [0.1, 0.15) is 24.2 Å². The third kappa shape index (κ3) is 24.5. The summed E-state index contributed by atoms with van der Waals surface area (Å²) in [5.74, 6) is -5.51. The van der Waals surface area contributed by atoms with Crippen molar-refractivity contribution in [3.8, 4) is 0 Å². The van der Waals surface area contributed by atoms with E-state index in [1.54, 1.807) is 73.8 Å². The SMILES string of the molecule is CCNC(=O)C1CCN(C(=O)CCC(=O)N[C@H](C(=O)N[C@@H](CCCNC(N)=O)C(=O)Nc2ccc(CNC(=O)[C@H](Cc3ccccc3)NC(=O)[C@H](C)[C@@H](OC)[C@@H]3CCCN3C(=O)C[C@@H](OC)[C@H]([C@@H](C)CC)N(C)C(=O)[C@@H](NC(=O)[C@@H](NC)C(C)C)C(C)C)cc2)C(C)C)CC1. The maximum Gasteiger partial charge on any atom is 0.312 e. The van der Waals surface area contributed by atoms with Gasteiger partial charge in [-0.3, -0.25) is 47.9 Å². The molecule has 2 aliphatic heterocycles. The molecule has 0 aromatic heterocycles. The maximum absolute atomic E-state index is 14.6. The molecule has 0 aliphatic carbocycles. The second-order valence-electron chi connectivity index (χ2n) is 26.3. The van der Waals surface area contributed by atoms with Crippen molar-refractivity contribution < 1.29 is 62.2 Å². The van der Waals surface area contributed by atoms with Crippen LogP contribution in [-0.2, 0) is 70.4 Å². The van der Waals surface area contributed by atoms with Gasteiger partial charge in [-0.05, 0) is 99.4 Å². The third-order valence-corrected chi connectivity index (χ3v) is 18.4. The number of likely N-dealkylation sites (N-methyl/N-ethyl adjacent to an activating group) is 2. The molecule has 2 aromatic rings. The summed E-state index contributed by atoms with van der Waals surface area (Å²) in [6, 6.07) is 9.53. The van der Waals surface area contributed by atoms with Gasteiger partial charge in [0.05, 0.1) is 42.7 Å². The molecule has 0 radical (unpaired) electrons. The number of hydrogen-bond acceptors (Lipinski definition) is 14. The van der Waals surface area contributed by atoms with Crippen LogP contribution < -0.4 is 53.6 Å². The fourth-order valence-electron chi connectivity index (χ4n) is 12.6. The van der Waals surface area contributed by atoms with Gasteiger partial charge in [0.2, 0.25) is 59.1 Å². The number of nitrogens with zero attached hydrogens (tertiary/aromatic N) is 3. The second kappa shape index (κ2) is 40.0. The number of likely N-dealkylation sites (tertiary alicyclic amines) is 2. The number of nitrogens with one attached hydrogen (secondary N) is 9. The molecule has 26 nitrogen and oxygen atoms in total. The van der Waals surface area contributed by atoms with E-state index in [0.29, 0.717) is 69.5 Å². The molecule has 4 rings (SSSR count). The molecule has 2 heterocycles. The van der Waals surface area contributed by atoms with Gasteiger partial charge < -0.3 is 77.8 Å². The number of amides is 12. The molecule has 0 spiro atoms. The number of hydrogen-bond donors (Lipinski definition) is 10.